The Labute approximate surface area is 82.9 Å². The maximum atomic E-state index is 4.14. The summed E-state index contributed by atoms with van der Waals surface area (Å²) in [6.07, 6.45) is 6.44. The fourth-order valence-corrected chi connectivity index (χ4v) is 1.52. The third-order valence-corrected chi connectivity index (χ3v) is 2.55. The Balaban J connectivity index is 3.39. The Morgan fingerprint density at radius 3 is 2.25 bits per heavy atom. The predicted molar refractivity (Wildman–Crippen MR) is 59.5 cm³/mol. The molecule has 0 aliphatic rings. The first-order valence-electron chi connectivity index (χ1n) is 5.10. The molecule has 0 aromatic carbocycles. The van der Waals surface area contributed by atoms with Crippen molar-refractivity contribution < 1.29 is 0 Å². The number of nitrogens with one attached hydrogen (secondary N) is 1. The largest absolute Gasteiger partial charge is 0.264 e. The van der Waals surface area contributed by atoms with Crippen molar-refractivity contribution in [3.63, 3.8) is 0 Å². The zero-order chi connectivity index (χ0) is 9.40. The molecule has 0 spiro atoms. The third-order valence-electron chi connectivity index (χ3n) is 2.18. The van der Waals surface area contributed by atoms with E-state index in [-0.39, 0.29) is 0 Å². The second kappa shape index (κ2) is 7.93. The lowest BCUT2D eigenvalue weighted by Gasteiger charge is -2.15. The van der Waals surface area contributed by atoms with Gasteiger partial charge in [-0.05, 0) is 25.2 Å². The topological polar surface area (TPSA) is 12.0 Å². The van der Waals surface area contributed by atoms with Crippen LogP contribution in [0, 0.1) is 5.92 Å². The quantitative estimate of drug-likeness (QED) is 0.585. The van der Waals surface area contributed by atoms with Crippen LogP contribution in [0.4, 0.5) is 0 Å². The van der Waals surface area contributed by atoms with Gasteiger partial charge in [0.1, 0.15) is 0 Å². The predicted octanol–water partition coefficient (Wildman–Crippen LogP) is 3.42. The van der Waals surface area contributed by atoms with Crippen LogP contribution in [0.15, 0.2) is 0 Å². The van der Waals surface area contributed by atoms with Gasteiger partial charge in [0, 0.05) is 6.04 Å². The van der Waals surface area contributed by atoms with E-state index in [0.29, 0.717) is 6.04 Å². The van der Waals surface area contributed by atoms with Gasteiger partial charge in [0.15, 0.2) is 0 Å². The summed E-state index contributed by atoms with van der Waals surface area (Å²) in [7, 11) is 0. The normalized spacial score (nSPS) is 13.8. The van der Waals surface area contributed by atoms with E-state index >= 15 is 0 Å². The SMILES string of the molecule is CCCCC(CCC(C)C)NS. The summed E-state index contributed by atoms with van der Waals surface area (Å²) in [5.41, 5.74) is 0. The van der Waals surface area contributed by atoms with Gasteiger partial charge in [-0.25, -0.2) is 0 Å². The molecular weight excluding hydrogens is 166 g/mol. The van der Waals surface area contributed by atoms with Gasteiger partial charge in [0.2, 0.25) is 0 Å². The minimum absolute atomic E-state index is 0.621. The van der Waals surface area contributed by atoms with Crippen LogP contribution in [0.1, 0.15) is 52.9 Å². The maximum absolute atomic E-state index is 4.14. The zero-order valence-electron chi connectivity index (χ0n) is 8.64. The van der Waals surface area contributed by atoms with Gasteiger partial charge in [0.05, 0.1) is 0 Å². The Kier molecular flexibility index (Phi) is 8.14. The summed E-state index contributed by atoms with van der Waals surface area (Å²) in [5.74, 6) is 0.816. The molecule has 0 bridgehead atoms. The van der Waals surface area contributed by atoms with Crippen LogP contribution in [-0.4, -0.2) is 6.04 Å². The fourth-order valence-electron chi connectivity index (χ4n) is 1.26. The van der Waals surface area contributed by atoms with Gasteiger partial charge in [-0.3, -0.25) is 4.72 Å². The highest BCUT2D eigenvalue weighted by molar-refractivity contribution is 7.78. The van der Waals surface area contributed by atoms with E-state index in [0.717, 1.165) is 5.92 Å². The summed E-state index contributed by atoms with van der Waals surface area (Å²) in [6.45, 7) is 6.78. The molecule has 1 nitrogen and oxygen atoms in total. The third kappa shape index (κ3) is 6.99. The van der Waals surface area contributed by atoms with Gasteiger partial charge in [-0.2, -0.15) is 0 Å². The summed E-state index contributed by atoms with van der Waals surface area (Å²) >= 11 is 4.14. The number of unbranched alkanes of at least 4 members (excludes halogenated alkanes) is 1. The van der Waals surface area contributed by atoms with Crippen molar-refractivity contribution in [2.45, 2.75) is 58.9 Å². The van der Waals surface area contributed by atoms with Gasteiger partial charge < -0.3 is 0 Å². The Morgan fingerprint density at radius 2 is 1.83 bits per heavy atom. The highest BCUT2D eigenvalue weighted by Crippen LogP contribution is 2.11. The molecule has 0 heterocycles. The monoisotopic (exact) mass is 189 g/mol. The lowest BCUT2D eigenvalue weighted by atomic mass is 10.0. The molecule has 12 heavy (non-hydrogen) atoms. The molecule has 0 amide bonds. The van der Waals surface area contributed by atoms with Crippen LogP contribution in [0.5, 0.6) is 0 Å². The van der Waals surface area contributed by atoms with E-state index < -0.39 is 0 Å². The number of hydrogen-bond acceptors (Lipinski definition) is 2. The molecule has 0 aromatic heterocycles. The number of hydrogen-bond donors (Lipinski definition) is 2. The molecule has 0 radical (unpaired) electrons. The molecule has 0 fully saturated rings. The standard InChI is InChI=1S/C10H23NS/c1-4-5-6-10(11-12)8-7-9(2)3/h9-12H,4-8H2,1-3H3. The van der Waals surface area contributed by atoms with Crippen LogP contribution in [0.2, 0.25) is 0 Å². The van der Waals surface area contributed by atoms with E-state index in [1.165, 1.54) is 32.1 Å². The minimum atomic E-state index is 0.621. The molecule has 0 aliphatic heterocycles. The van der Waals surface area contributed by atoms with E-state index in [2.05, 4.69) is 38.3 Å². The van der Waals surface area contributed by atoms with Crippen molar-refractivity contribution in [3.8, 4) is 0 Å². The number of rotatable bonds is 7. The average molecular weight is 189 g/mol. The lowest BCUT2D eigenvalue weighted by molar-refractivity contribution is 0.452. The smallest absolute Gasteiger partial charge is 0.0169 e. The molecule has 2 heteroatoms. The summed E-state index contributed by atoms with van der Waals surface area (Å²) < 4.78 is 3.09. The van der Waals surface area contributed by atoms with Crippen molar-refractivity contribution >= 4 is 12.8 Å². The first-order valence-corrected chi connectivity index (χ1v) is 5.55. The van der Waals surface area contributed by atoms with Gasteiger partial charge in [0.25, 0.3) is 0 Å². The van der Waals surface area contributed by atoms with Crippen LogP contribution < -0.4 is 4.72 Å². The Bertz CT molecular complexity index is 93.8. The average Bonchev–Trinajstić information content (AvgIpc) is 2.05. The van der Waals surface area contributed by atoms with Gasteiger partial charge in [-0.15, -0.1) is 0 Å². The molecular formula is C10H23NS. The molecule has 0 aromatic rings. The van der Waals surface area contributed by atoms with Crippen molar-refractivity contribution in [2.75, 3.05) is 0 Å². The lowest BCUT2D eigenvalue weighted by Crippen LogP contribution is -2.21. The molecule has 0 saturated heterocycles. The van der Waals surface area contributed by atoms with Crippen LogP contribution >= 0.6 is 12.8 Å². The van der Waals surface area contributed by atoms with Crippen molar-refractivity contribution in [2.24, 2.45) is 5.92 Å². The molecule has 0 saturated carbocycles. The first kappa shape index (κ1) is 12.3. The summed E-state index contributed by atoms with van der Waals surface area (Å²) in [5, 5.41) is 0. The molecule has 1 atom stereocenters. The highest BCUT2D eigenvalue weighted by atomic mass is 32.1. The van der Waals surface area contributed by atoms with Crippen molar-refractivity contribution in [3.05, 3.63) is 0 Å². The molecule has 74 valence electrons. The highest BCUT2D eigenvalue weighted by Gasteiger charge is 2.06. The van der Waals surface area contributed by atoms with Crippen LogP contribution in [0.3, 0.4) is 0 Å². The maximum Gasteiger partial charge on any atom is 0.0169 e. The molecule has 1 unspecified atom stereocenters. The minimum Gasteiger partial charge on any atom is -0.264 e. The van der Waals surface area contributed by atoms with E-state index in [9.17, 15) is 0 Å². The molecule has 0 aliphatic carbocycles. The van der Waals surface area contributed by atoms with Crippen LogP contribution in [0.25, 0.3) is 0 Å². The van der Waals surface area contributed by atoms with Gasteiger partial charge >= 0.3 is 0 Å². The Morgan fingerprint density at radius 1 is 1.17 bits per heavy atom. The van der Waals surface area contributed by atoms with E-state index in [4.69, 9.17) is 0 Å². The number of thiol groups is 1. The van der Waals surface area contributed by atoms with Crippen molar-refractivity contribution in [1.82, 2.24) is 4.72 Å². The van der Waals surface area contributed by atoms with Crippen molar-refractivity contribution in [1.29, 1.82) is 0 Å². The second-order valence-electron chi connectivity index (χ2n) is 3.94. The first-order chi connectivity index (χ1) is 5.70. The van der Waals surface area contributed by atoms with Crippen LogP contribution in [-0.2, 0) is 0 Å². The molecule has 1 N–H and O–H groups in total. The second-order valence-corrected chi connectivity index (χ2v) is 4.20. The summed E-state index contributed by atoms with van der Waals surface area (Å²) in [6, 6.07) is 0.621. The molecule has 0 rings (SSSR count). The van der Waals surface area contributed by atoms with E-state index in [1.54, 1.807) is 0 Å². The van der Waals surface area contributed by atoms with E-state index in [1.807, 2.05) is 0 Å². The summed E-state index contributed by atoms with van der Waals surface area (Å²) in [4.78, 5) is 0. The Hall–Kier alpha value is 0.310. The van der Waals surface area contributed by atoms with Gasteiger partial charge in [-0.1, -0.05) is 46.4 Å². The zero-order valence-corrected chi connectivity index (χ0v) is 9.53. The fraction of sp³-hybridized carbons (Fsp3) is 1.00.